The maximum Gasteiger partial charge on any atom is 0.306 e. The fraction of sp³-hybridized carbons (Fsp3) is 0.158. The number of benzene rings is 2. The van der Waals surface area contributed by atoms with E-state index in [-0.39, 0.29) is 24.5 Å². The maximum atomic E-state index is 12.9. The largest absolute Gasteiger partial charge is 0.456 e. The van der Waals surface area contributed by atoms with Crippen LogP contribution in [0.4, 0.5) is 10.1 Å². The number of nitrogens with one attached hydrogen (secondary N) is 1. The van der Waals surface area contributed by atoms with Crippen molar-refractivity contribution in [3.8, 4) is 11.4 Å². The molecule has 0 aliphatic carbocycles. The highest BCUT2D eigenvalue weighted by Gasteiger charge is 2.13. The standard InChI is InChI=1S/C19H15ClFN3O4/c20-13-2-1-3-15(10-13)22-16(25)11-27-18(26)9-8-17-23-19(24-28-17)12-4-6-14(21)7-5-12/h1-7,10H,8-9,11H2,(H,22,25). The van der Waals surface area contributed by atoms with Crippen LogP contribution in [0.1, 0.15) is 12.3 Å². The van der Waals surface area contributed by atoms with Gasteiger partial charge < -0.3 is 14.6 Å². The summed E-state index contributed by atoms with van der Waals surface area (Å²) < 4.78 is 22.9. The first kappa shape index (κ1) is 19.5. The second kappa shape index (κ2) is 9.09. The molecule has 0 unspecified atom stereocenters. The Kier molecular flexibility index (Phi) is 6.33. The molecule has 28 heavy (non-hydrogen) atoms. The van der Waals surface area contributed by atoms with Gasteiger partial charge in [0.25, 0.3) is 5.91 Å². The van der Waals surface area contributed by atoms with Gasteiger partial charge in [0.15, 0.2) is 6.61 Å². The maximum absolute atomic E-state index is 12.9. The van der Waals surface area contributed by atoms with E-state index in [2.05, 4.69) is 15.5 Å². The van der Waals surface area contributed by atoms with Crippen molar-refractivity contribution in [3.05, 3.63) is 65.3 Å². The van der Waals surface area contributed by atoms with E-state index in [1.165, 1.54) is 24.3 Å². The van der Waals surface area contributed by atoms with E-state index < -0.39 is 18.5 Å². The zero-order valence-electron chi connectivity index (χ0n) is 14.5. The molecule has 1 N–H and O–H groups in total. The second-order valence-corrected chi connectivity index (χ2v) is 6.17. The summed E-state index contributed by atoms with van der Waals surface area (Å²) in [6.45, 7) is -0.421. The molecule has 1 aromatic heterocycles. The van der Waals surface area contributed by atoms with E-state index in [0.717, 1.165) is 0 Å². The third-order valence-electron chi connectivity index (χ3n) is 3.59. The highest BCUT2D eigenvalue weighted by atomic mass is 35.5. The van der Waals surface area contributed by atoms with Crippen LogP contribution in [0.5, 0.6) is 0 Å². The zero-order valence-corrected chi connectivity index (χ0v) is 15.3. The van der Waals surface area contributed by atoms with Crippen LogP contribution in [-0.4, -0.2) is 28.6 Å². The lowest BCUT2D eigenvalue weighted by atomic mass is 10.2. The van der Waals surface area contributed by atoms with E-state index >= 15 is 0 Å². The summed E-state index contributed by atoms with van der Waals surface area (Å²) in [6.07, 6.45) is 0.123. The quantitative estimate of drug-likeness (QED) is 0.605. The Morgan fingerprint density at radius 3 is 2.71 bits per heavy atom. The lowest BCUT2D eigenvalue weighted by Gasteiger charge is -2.06. The number of carbonyl (C=O) groups excluding carboxylic acids is 2. The minimum absolute atomic E-state index is 0.0322. The lowest BCUT2D eigenvalue weighted by Crippen LogP contribution is -2.21. The average molecular weight is 404 g/mol. The molecular formula is C19H15ClFN3O4. The number of rotatable bonds is 7. The summed E-state index contributed by atoms with van der Waals surface area (Å²) >= 11 is 5.83. The Morgan fingerprint density at radius 2 is 1.96 bits per heavy atom. The van der Waals surface area contributed by atoms with Crippen LogP contribution in [0, 0.1) is 5.82 Å². The highest BCUT2D eigenvalue weighted by molar-refractivity contribution is 6.30. The fourth-order valence-electron chi connectivity index (χ4n) is 2.26. The predicted octanol–water partition coefficient (Wildman–Crippen LogP) is 3.64. The number of halogens is 2. The fourth-order valence-corrected chi connectivity index (χ4v) is 2.45. The van der Waals surface area contributed by atoms with Gasteiger partial charge in [-0.3, -0.25) is 9.59 Å². The molecule has 0 fully saturated rings. The predicted molar refractivity (Wildman–Crippen MR) is 99.1 cm³/mol. The minimum atomic E-state index is -0.581. The van der Waals surface area contributed by atoms with Crippen LogP contribution < -0.4 is 5.32 Å². The van der Waals surface area contributed by atoms with E-state index in [9.17, 15) is 14.0 Å². The number of carbonyl (C=O) groups is 2. The van der Waals surface area contributed by atoms with Crippen molar-refractivity contribution >= 4 is 29.2 Å². The SMILES string of the molecule is O=C(COC(=O)CCc1nc(-c2ccc(F)cc2)no1)Nc1cccc(Cl)c1. The number of aromatic nitrogens is 2. The first-order valence-corrected chi connectivity index (χ1v) is 8.67. The summed E-state index contributed by atoms with van der Waals surface area (Å²) in [5.74, 6) is -0.895. The summed E-state index contributed by atoms with van der Waals surface area (Å²) in [4.78, 5) is 27.7. The van der Waals surface area contributed by atoms with Gasteiger partial charge in [0.2, 0.25) is 11.7 Å². The van der Waals surface area contributed by atoms with Crippen LogP contribution in [0.15, 0.2) is 53.1 Å². The average Bonchev–Trinajstić information content (AvgIpc) is 3.14. The van der Waals surface area contributed by atoms with Crippen molar-refractivity contribution in [2.45, 2.75) is 12.8 Å². The topological polar surface area (TPSA) is 94.3 Å². The lowest BCUT2D eigenvalue weighted by molar-refractivity contribution is -0.147. The molecule has 7 nitrogen and oxygen atoms in total. The number of aryl methyl sites for hydroxylation is 1. The van der Waals surface area contributed by atoms with E-state index in [1.54, 1.807) is 24.3 Å². The van der Waals surface area contributed by atoms with Crippen LogP contribution in [0.3, 0.4) is 0 Å². The number of hydrogen-bond donors (Lipinski definition) is 1. The molecule has 9 heteroatoms. The third kappa shape index (κ3) is 5.62. The third-order valence-corrected chi connectivity index (χ3v) is 3.82. The molecule has 2 aromatic carbocycles. The molecule has 1 heterocycles. The minimum Gasteiger partial charge on any atom is -0.456 e. The number of amides is 1. The summed E-state index contributed by atoms with van der Waals surface area (Å²) in [5.41, 5.74) is 1.10. The molecule has 0 spiro atoms. The number of anilines is 1. The number of esters is 1. The second-order valence-electron chi connectivity index (χ2n) is 5.74. The van der Waals surface area contributed by atoms with Gasteiger partial charge in [-0.1, -0.05) is 22.8 Å². The van der Waals surface area contributed by atoms with Crippen LogP contribution >= 0.6 is 11.6 Å². The van der Waals surface area contributed by atoms with Gasteiger partial charge in [-0.05, 0) is 42.5 Å². The molecule has 0 radical (unpaired) electrons. The Bertz CT molecular complexity index is 975. The summed E-state index contributed by atoms with van der Waals surface area (Å²) in [6, 6.07) is 12.2. The molecule has 0 atom stereocenters. The van der Waals surface area contributed by atoms with Crippen molar-refractivity contribution in [2.75, 3.05) is 11.9 Å². The smallest absolute Gasteiger partial charge is 0.306 e. The van der Waals surface area contributed by atoms with E-state index in [4.69, 9.17) is 20.9 Å². The summed E-state index contributed by atoms with van der Waals surface area (Å²) in [7, 11) is 0. The Hall–Kier alpha value is -3.26. The molecule has 0 saturated heterocycles. The molecule has 144 valence electrons. The Balaban J connectivity index is 1.43. The Morgan fingerprint density at radius 1 is 1.18 bits per heavy atom. The van der Waals surface area contributed by atoms with Crippen molar-refractivity contribution in [1.82, 2.24) is 10.1 Å². The van der Waals surface area contributed by atoms with Crippen molar-refractivity contribution in [1.29, 1.82) is 0 Å². The first-order valence-electron chi connectivity index (χ1n) is 8.29. The van der Waals surface area contributed by atoms with Gasteiger partial charge in [-0.25, -0.2) is 4.39 Å². The van der Waals surface area contributed by atoms with Gasteiger partial charge in [0.05, 0.1) is 6.42 Å². The molecule has 3 rings (SSSR count). The van der Waals surface area contributed by atoms with Gasteiger partial charge in [0, 0.05) is 22.7 Å². The van der Waals surface area contributed by atoms with Crippen LogP contribution in [0.2, 0.25) is 5.02 Å². The van der Waals surface area contributed by atoms with Gasteiger partial charge in [0.1, 0.15) is 5.82 Å². The molecule has 0 aliphatic heterocycles. The molecule has 1 amide bonds. The zero-order chi connectivity index (χ0) is 19.9. The molecule has 3 aromatic rings. The molecule has 0 saturated carbocycles. The number of hydrogen-bond acceptors (Lipinski definition) is 6. The van der Waals surface area contributed by atoms with Gasteiger partial charge >= 0.3 is 5.97 Å². The van der Waals surface area contributed by atoms with Gasteiger partial charge in [-0.2, -0.15) is 4.98 Å². The van der Waals surface area contributed by atoms with E-state index in [1.807, 2.05) is 0 Å². The molecular weight excluding hydrogens is 389 g/mol. The highest BCUT2D eigenvalue weighted by Crippen LogP contribution is 2.17. The van der Waals surface area contributed by atoms with Crippen LogP contribution in [0.25, 0.3) is 11.4 Å². The monoisotopic (exact) mass is 403 g/mol. The summed E-state index contributed by atoms with van der Waals surface area (Å²) in [5, 5.41) is 6.84. The normalized spacial score (nSPS) is 10.5. The first-order chi connectivity index (χ1) is 13.5. The van der Waals surface area contributed by atoms with Crippen molar-refractivity contribution in [3.63, 3.8) is 0 Å². The number of ether oxygens (including phenoxy) is 1. The number of nitrogens with zero attached hydrogens (tertiary/aromatic N) is 2. The van der Waals surface area contributed by atoms with E-state index in [0.29, 0.717) is 22.1 Å². The Labute approximate surface area is 164 Å². The van der Waals surface area contributed by atoms with Crippen LogP contribution in [-0.2, 0) is 20.7 Å². The molecule has 0 aliphatic rings. The van der Waals surface area contributed by atoms with Crippen molar-refractivity contribution in [2.24, 2.45) is 0 Å². The molecule has 0 bridgehead atoms. The van der Waals surface area contributed by atoms with Gasteiger partial charge in [-0.15, -0.1) is 0 Å². The van der Waals surface area contributed by atoms with Crippen molar-refractivity contribution < 1.29 is 23.2 Å².